The van der Waals surface area contributed by atoms with Crippen LogP contribution in [0.25, 0.3) is 0 Å². The van der Waals surface area contributed by atoms with E-state index < -0.39 is 0 Å². The predicted molar refractivity (Wildman–Crippen MR) is 66.7 cm³/mol. The van der Waals surface area contributed by atoms with Crippen LogP contribution in [0.2, 0.25) is 0 Å². The molecule has 0 aliphatic carbocycles. The van der Waals surface area contributed by atoms with Gasteiger partial charge in [-0.25, -0.2) is 0 Å². The van der Waals surface area contributed by atoms with Crippen molar-refractivity contribution < 1.29 is 14.2 Å². The Bertz CT molecular complexity index is 563. The molecule has 0 unspecified atom stereocenters. The zero-order chi connectivity index (χ0) is 12.4. The van der Waals surface area contributed by atoms with Gasteiger partial charge in [-0.05, 0) is 42.3 Å². The van der Waals surface area contributed by atoms with E-state index in [1.165, 1.54) is 0 Å². The van der Waals surface area contributed by atoms with Gasteiger partial charge in [0.05, 0.1) is 0 Å². The first-order valence-electron chi connectivity index (χ1n) is 5.68. The van der Waals surface area contributed by atoms with Crippen molar-refractivity contribution in [3.05, 3.63) is 60.5 Å². The van der Waals surface area contributed by atoms with Gasteiger partial charge >= 0.3 is 0 Å². The second kappa shape index (κ2) is 4.61. The third kappa shape index (κ3) is 2.25. The zero-order valence-electron chi connectivity index (χ0n) is 9.76. The summed E-state index contributed by atoms with van der Waals surface area (Å²) in [4.78, 5) is 0. The molecule has 2 aromatic rings. The van der Waals surface area contributed by atoms with Crippen LogP contribution in [-0.4, -0.2) is 6.79 Å². The first kappa shape index (κ1) is 11.0. The fourth-order valence-electron chi connectivity index (χ4n) is 1.80. The number of rotatable bonds is 3. The maximum Gasteiger partial charge on any atom is 0.231 e. The van der Waals surface area contributed by atoms with Crippen LogP contribution >= 0.6 is 0 Å². The zero-order valence-corrected chi connectivity index (χ0v) is 9.76. The Morgan fingerprint density at radius 3 is 2.83 bits per heavy atom. The Balaban J connectivity index is 1.70. The molecule has 1 heterocycles. The van der Waals surface area contributed by atoms with Crippen molar-refractivity contribution in [2.45, 2.75) is 6.61 Å². The van der Waals surface area contributed by atoms with Crippen LogP contribution in [-0.2, 0) is 6.61 Å². The van der Waals surface area contributed by atoms with Gasteiger partial charge in [-0.15, -0.1) is 0 Å². The summed E-state index contributed by atoms with van der Waals surface area (Å²) in [7, 11) is 0. The Labute approximate surface area is 106 Å². The van der Waals surface area contributed by atoms with Crippen molar-refractivity contribution in [1.82, 2.24) is 0 Å². The molecule has 0 N–H and O–H groups in total. The fourth-order valence-corrected chi connectivity index (χ4v) is 1.80. The second-order valence-electron chi connectivity index (χ2n) is 4.05. The average Bonchev–Trinajstić information content (AvgIpc) is 2.84. The lowest BCUT2D eigenvalue weighted by Crippen LogP contribution is -1.95. The minimum absolute atomic E-state index is 0.287. The predicted octanol–water partition coefficient (Wildman–Crippen LogP) is 3.05. The number of benzene rings is 2. The lowest BCUT2D eigenvalue weighted by molar-refractivity contribution is 0.174. The molecule has 0 spiro atoms. The number of fused-ring (bicyclic) bond motifs is 1. The number of ether oxygens (including phenoxy) is 3. The molecule has 0 fully saturated rings. The molecule has 90 valence electrons. The van der Waals surface area contributed by atoms with Crippen LogP contribution in [0.1, 0.15) is 11.1 Å². The maximum atomic E-state index is 5.68. The average molecular weight is 240 g/mol. The summed E-state index contributed by atoms with van der Waals surface area (Å²) >= 11 is 0. The Morgan fingerprint density at radius 1 is 1.06 bits per heavy atom. The largest absolute Gasteiger partial charge is 0.489 e. The number of hydrogen-bond acceptors (Lipinski definition) is 3. The first-order chi connectivity index (χ1) is 8.81. The molecule has 18 heavy (non-hydrogen) atoms. The SMILES string of the molecule is [CH]c1cccc(OCc2ccc3c(c2)OCO3)c1. The van der Waals surface area contributed by atoms with Crippen molar-refractivity contribution in [3.8, 4) is 17.2 Å². The molecule has 1 aliphatic heterocycles. The lowest BCUT2D eigenvalue weighted by Gasteiger charge is -2.07. The Kier molecular flexibility index (Phi) is 2.81. The maximum absolute atomic E-state index is 5.68. The van der Waals surface area contributed by atoms with Crippen LogP contribution in [0.5, 0.6) is 17.2 Å². The van der Waals surface area contributed by atoms with E-state index in [4.69, 9.17) is 21.1 Å². The monoisotopic (exact) mass is 240 g/mol. The van der Waals surface area contributed by atoms with E-state index >= 15 is 0 Å². The Morgan fingerprint density at radius 2 is 1.94 bits per heavy atom. The molecule has 3 nitrogen and oxygen atoms in total. The molecule has 2 radical (unpaired) electrons. The van der Waals surface area contributed by atoms with E-state index in [1.54, 1.807) is 6.07 Å². The quantitative estimate of drug-likeness (QED) is 0.825. The molecule has 1 aliphatic rings. The smallest absolute Gasteiger partial charge is 0.231 e. The van der Waals surface area contributed by atoms with Crippen molar-refractivity contribution in [2.24, 2.45) is 0 Å². The summed E-state index contributed by atoms with van der Waals surface area (Å²) in [5.74, 6) is 2.30. The van der Waals surface area contributed by atoms with Gasteiger partial charge in [0.2, 0.25) is 6.79 Å². The van der Waals surface area contributed by atoms with Gasteiger partial charge in [-0.2, -0.15) is 0 Å². The highest BCUT2D eigenvalue weighted by molar-refractivity contribution is 5.44. The molecular weight excluding hydrogens is 228 g/mol. The summed E-state index contributed by atoms with van der Waals surface area (Å²) in [5.41, 5.74) is 1.72. The fraction of sp³-hybridized carbons (Fsp3) is 0.133. The molecule has 3 rings (SSSR count). The van der Waals surface area contributed by atoms with E-state index in [9.17, 15) is 0 Å². The van der Waals surface area contributed by atoms with Crippen LogP contribution in [0, 0.1) is 6.92 Å². The molecule has 0 atom stereocenters. The Hall–Kier alpha value is -2.16. The van der Waals surface area contributed by atoms with Crippen molar-refractivity contribution in [2.75, 3.05) is 6.79 Å². The molecule has 0 saturated heterocycles. The summed E-state index contributed by atoms with van der Waals surface area (Å²) in [6.45, 7) is 6.44. The highest BCUT2D eigenvalue weighted by atomic mass is 16.7. The van der Waals surface area contributed by atoms with Crippen molar-refractivity contribution in [3.63, 3.8) is 0 Å². The molecule has 0 saturated carbocycles. The summed E-state index contributed by atoms with van der Waals surface area (Å²) in [6.07, 6.45) is 0. The normalized spacial score (nSPS) is 12.5. The van der Waals surface area contributed by atoms with E-state index in [-0.39, 0.29) is 6.79 Å². The number of hydrogen-bond donors (Lipinski definition) is 0. The molecular formula is C15H12O3. The van der Waals surface area contributed by atoms with E-state index in [2.05, 4.69) is 0 Å². The molecule has 0 bridgehead atoms. The van der Waals surface area contributed by atoms with Gasteiger partial charge in [0, 0.05) is 0 Å². The lowest BCUT2D eigenvalue weighted by atomic mass is 10.2. The standard InChI is InChI=1S/C15H12O3/c1-11-3-2-4-13(7-11)16-9-12-5-6-14-15(8-12)18-10-17-14/h1-8H,9-10H2. The summed E-state index contributed by atoms with van der Waals surface area (Å²) < 4.78 is 16.2. The third-order valence-corrected chi connectivity index (χ3v) is 2.70. The summed E-state index contributed by atoms with van der Waals surface area (Å²) in [6, 6.07) is 13.1. The van der Waals surface area contributed by atoms with E-state index in [0.29, 0.717) is 12.2 Å². The second-order valence-corrected chi connectivity index (χ2v) is 4.05. The van der Waals surface area contributed by atoms with Gasteiger partial charge < -0.3 is 14.2 Å². The van der Waals surface area contributed by atoms with Crippen LogP contribution in [0.3, 0.4) is 0 Å². The minimum atomic E-state index is 0.287. The van der Waals surface area contributed by atoms with Crippen LogP contribution in [0.4, 0.5) is 0 Å². The van der Waals surface area contributed by atoms with Gasteiger partial charge in [0.15, 0.2) is 11.5 Å². The molecule has 0 aromatic heterocycles. The molecule has 2 aromatic carbocycles. The van der Waals surface area contributed by atoms with E-state index in [0.717, 1.165) is 22.8 Å². The van der Waals surface area contributed by atoms with Crippen LogP contribution < -0.4 is 14.2 Å². The van der Waals surface area contributed by atoms with E-state index in [1.807, 2.05) is 36.4 Å². The molecule has 0 amide bonds. The van der Waals surface area contributed by atoms with Gasteiger partial charge in [0.1, 0.15) is 12.4 Å². The van der Waals surface area contributed by atoms with Gasteiger partial charge in [-0.1, -0.05) is 18.2 Å². The van der Waals surface area contributed by atoms with Gasteiger partial charge in [0.25, 0.3) is 0 Å². The van der Waals surface area contributed by atoms with Crippen molar-refractivity contribution in [1.29, 1.82) is 0 Å². The highest BCUT2D eigenvalue weighted by Crippen LogP contribution is 2.32. The molecule has 3 heteroatoms. The van der Waals surface area contributed by atoms with Crippen LogP contribution in [0.15, 0.2) is 42.5 Å². The minimum Gasteiger partial charge on any atom is -0.489 e. The first-order valence-corrected chi connectivity index (χ1v) is 5.68. The topological polar surface area (TPSA) is 27.7 Å². The van der Waals surface area contributed by atoms with Gasteiger partial charge in [-0.3, -0.25) is 0 Å². The third-order valence-electron chi connectivity index (χ3n) is 2.70. The summed E-state index contributed by atoms with van der Waals surface area (Å²) in [5, 5.41) is 0. The van der Waals surface area contributed by atoms with Crippen molar-refractivity contribution >= 4 is 0 Å². The highest BCUT2D eigenvalue weighted by Gasteiger charge is 2.13.